The second-order valence-electron chi connectivity index (χ2n) is 4.22. The Morgan fingerprint density at radius 3 is 2.40 bits per heavy atom. The molecule has 0 saturated heterocycles. The van der Waals surface area contributed by atoms with Gasteiger partial charge in [-0.3, -0.25) is 14.9 Å². The van der Waals surface area contributed by atoms with Crippen LogP contribution in [0.25, 0.3) is 0 Å². The summed E-state index contributed by atoms with van der Waals surface area (Å²) in [6, 6.07) is 13.5. The third kappa shape index (κ3) is 3.24. The fraction of sp³-hybridized carbons (Fsp3) is 0.133. The molecule has 0 aliphatic rings. The second-order valence-corrected chi connectivity index (χ2v) is 5.07. The molecule has 0 heterocycles. The lowest BCUT2D eigenvalue weighted by atomic mass is 10.0. The number of Topliss-reactive ketones (excluding diaryl/α,β-unsaturated/α-hetero) is 1. The molecule has 102 valence electrons. The summed E-state index contributed by atoms with van der Waals surface area (Å²) < 4.78 is 0. The Hall–Kier alpha value is -2.14. The lowest BCUT2D eigenvalue weighted by molar-refractivity contribution is -0.384. The standard InChI is InChI=1S/C15H13NO3S/c1-20-15-5-3-2-4-13(15)14(17)10-11-6-8-12(9-7-11)16(18)19/h2-9H,10H2,1H3. The molecule has 0 unspecified atom stereocenters. The van der Waals surface area contributed by atoms with Gasteiger partial charge in [0.2, 0.25) is 0 Å². The van der Waals surface area contributed by atoms with Crippen LogP contribution in [0.5, 0.6) is 0 Å². The van der Waals surface area contributed by atoms with Crippen molar-refractivity contribution in [3.63, 3.8) is 0 Å². The summed E-state index contributed by atoms with van der Waals surface area (Å²) in [5, 5.41) is 10.6. The van der Waals surface area contributed by atoms with E-state index in [2.05, 4.69) is 0 Å². The van der Waals surface area contributed by atoms with E-state index in [0.29, 0.717) is 5.56 Å². The highest BCUT2D eigenvalue weighted by Crippen LogP contribution is 2.22. The number of carbonyl (C=O) groups is 1. The average molecular weight is 287 g/mol. The van der Waals surface area contributed by atoms with Gasteiger partial charge in [0.05, 0.1) is 4.92 Å². The molecule has 0 aromatic heterocycles. The van der Waals surface area contributed by atoms with Crippen LogP contribution in [-0.4, -0.2) is 17.0 Å². The molecule has 0 amide bonds. The maximum atomic E-state index is 12.3. The number of non-ortho nitro benzene ring substituents is 1. The van der Waals surface area contributed by atoms with Crippen LogP contribution in [0.4, 0.5) is 5.69 Å². The van der Waals surface area contributed by atoms with Crippen molar-refractivity contribution >= 4 is 23.2 Å². The second kappa shape index (κ2) is 6.34. The van der Waals surface area contributed by atoms with Crippen LogP contribution < -0.4 is 0 Å². The van der Waals surface area contributed by atoms with Gasteiger partial charge in [-0.25, -0.2) is 0 Å². The van der Waals surface area contributed by atoms with Crippen LogP contribution >= 0.6 is 11.8 Å². The zero-order chi connectivity index (χ0) is 14.5. The van der Waals surface area contributed by atoms with Crippen LogP contribution in [0.15, 0.2) is 53.4 Å². The SMILES string of the molecule is CSc1ccccc1C(=O)Cc1ccc([N+](=O)[O-])cc1. The third-order valence-corrected chi connectivity index (χ3v) is 3.72. The summed E-state index contributed by atoms with van der Waals surface area (Å²) in [6.45, 7) is 0. The molecule has 0 spiro atoms. The van der Waals surface area contributed by atoms with E-state index in [1.807, 2.05) is 24.5 Å². The molecule has 4 nitrogen and oxygen atoms in total. The van der Waals surface area contributed by atoms with Crippen molar-refractivity contribution in [3.8, 4) is 0 Å². The molecular formula is C15H13NO3S. The molecule has 20 heavy (non-hydrogen) atoms. The van der Waals surface area contributed by atoms with Crippen molar-refractivity contribution in [2.75, 3.05) is 6.26 Å². The van der Waals surface area contributed by atoms with Gasteiger partial charge in [-0.2, -0.15) is 0 Å². The molecule has 0 bridgehead atoms. The van der Waals surface area contributed by atoms with Crippen molar-refractivity contribution in [2.24, 2.45) is 0 Å². The Morgan fingerprint density at radius 1 is 1.15 bits per heavy atom. The van der Waals surface area contributed by atoms with Gasteiger partial charge < -0.3 is 0 Å². The van der Waals surface area contributed by atoms with E-state index >= 15 is 0 Å². The summed E-state index contributed by atoms with van der Waals surface area (Å²) in [6.07, 6.45) is 2.17. The molecule has 0 aliphatic heterocycles. The number of rotatable bonds is 5. The molecule has 0 aliphatic carbocycles. The highest BCUT2D eigenvalue weighted by molar-refractivity contribution is 7.98. The smallest absolute Gasteiger partial charge is 0.269 e. The third-order valence-electron chi connectivity index (χ3n) is 2.92. The lowest BCUT2D eigenvalue weighted by Gasteiger charge is -2.06. The highest BCUT2D eigenvalue weighted by atomic mass is 32.2. The first-order valence-electron chi connectivity index (χ1n) is 6.01. The Labute approximate surface area is 121 Å². The number of hydrogen-bond donors (Lipinski definition) is 0. The zero-order valence-corrected chi connectivity index (χ0v) is 11.7. The molecular weight excluding hydrogens is 274 g/mol. The quantitative estimate of drug-likeness (QED) is 0.364. The van der Waals surface area contributed by atoms with E-state index in [1.165, 1.54) is 23.9 Å². The van der Waals surface area contributed by atoms with Crippen molar-refractivity contribution in [1.29, 1.82) is 0 Å². The predicted molar refractivity (Wildman–Crippen MR) is 79.4 cm³/mol. The number of nitrogens with zero attached hydrogens (tertiary/aromatic N) is 1. The molecule has 0 atom stereocenters. The van der Waals surface area contributed by atoms with Crippen molar-refractivity contribution in [2.45, 2.75) is 11.3 Å². The molecule has 2 aromatic rings. The summed E-state index contributed by atoms with van der Waals surface area (Å²) in [4.78, 5) is 23.3. The minimum Gasteiger partial charge on any atom is -0.294 e. The molecule has 2 rings (SSSR count). The van der Waals surface area contributed by atoms with Gasteiger partial charge in [0.1, 0.15) is 0 Å². The van der Waals surface area contributed by atoms with E-state index in [4.69, 9.17) is 0 Å². The van der Waals surface area contributed by atoms with Crippen LogP contribution in [-0.2, 0) is 6.42 Å². The van der Waals surface area contributed by atoms with E-state index in [0.717, 1.165) is 10.5 Å². The Balaban J connectivity index is 2.17. The Kier molecular flexibility index (Phi) is 4.53. The summed E-state index contributed by atoms with van der Waals surface area (Å²) in [5.74, 6) is 0.0174. The number of thioether (sulfide) groups is 1. The van der Waals surface area contributed by atoms with Crippen molar-refractivity contribution in [1.82, 2.24) is 0 Å². The largest absolute Gasteiger partial charge is 0.294 e. The van der Waals surface area contributed by atoms with Gasteiger partial charge in [0.15, 0.2) is 5.78 Å². The number of carbonyl (C=O) groups excluding carboxylic acids is 1. The number of benzene rings is 2. The minimum atomic E-state index is -0.450. The first kappa shape index (κ1) is 14.3. The maximum Gasteiger partial charge on any atom is 0.269 e. The van der Waals surface area contributed by atoms with Crippen LogP contribution in [0.1, 0.15) is 15.9 Å². The van der Waals surface area contributed by atoms with Gasteiger partial charge in [-0.05, 0) is 17.9 Å². The molecule has 0 N–H and O–H groups in total. The van der Waals surface area contributed by atoms with Gasteiger partial charge in [-0.15, -0.1) is 11.8 Å². The number of nitro groups is 1. The maximum absolute atomic E-state index is 12.3. The topological polar surface area (TPSA) is 60.2 Å². The highest BCUT2D eigenvalue weighted by Gasteiger charge is 2.12. The van der Waals surface area contributed by atoms with E-state index in [-0.39, 0.29) is 17.9 Å². The van der Waals surface area contributed by atoms with Gasteiger partial charge in [0, 0.05) is 29.0 Å². The number of hydrogen-bond acceptors (Lipinski definition) is 4. The van der Waals surface area contributed by atoms with Crippen molar-refractivity contribution in [3.05, 3.63) is 69.8 Å². The fourth-order valence-electron chi connectivity index (χ4n) is 1.89. The van der Waals surface area contributed by atoms with Crippen molar-refractivity contribution < 1.29 is 9.72 Å². The Morgan fingerprint density at radius 2 is 1.80 bits per heavy atom. The van der Waals surface area contributed by atoms with E-state index < -0.39 is 4.92 Å². The Bertz CT molecular complexity index is 638. The number of nitro benzene ring substituents is 1. The lowest BCUT2D eigenvalue weighted by Crippen LogP contribution is -2.05. The first-order valence-corrected chi connectivity index (χ1v) is 7.24. The predicted octanol–water partition coefficient (Wildman–Crippen LogP) is 3.74. The molecule has 0 fully saturated rings. The first-order chi connectivity index (χ1) is 9.61. The summed E-state index contributed by atoms with van der Waals surface area (Å²) >= 11 is 1.53. The normalized spacial score (nSPS) is 10.2. The van der Waals surface area contributed by atoms with Gasteiger partial charge in [-0.1, -0.05) is 30.3 Å². The zero-order valence-electron chi connectivity index (χ0n) is 10.9. The average Bonchev–Trinajstić information content (AvgIpc) is 2.47. The van der Waals surface area contributed by atoms with Crippen LogP contribution in [0.3, 0.4) is 0 Å². The minimum absolute atomic E-state index is 0.0174. The van der Waals surface area contributed by atoms with Gasteiger partial charge >= 0.3 is 0 Å². The number of ketones is 1. The fourth-order valence-corrected chi connectivity index (χ4v) is 2.51. The molecule has 2 aromatic carbocycles. The van der Waals surface area contributed by atoms with E-state index in [9.17, 15) is 14.9 Å². The summed E-state index contributed by atoms with van der Waals surface area (Å²) in [7, 11) is 0. The van der Waals surface area contributed by atoms with Crippen LogP contribution in [0.2, 0.25) is 0 Å². The summed E-state index contributed by atoms with van der Waals surface area (Å²) in [5.41, 5.74) is 1.50. The molecule has 0 radical (unpaired) electrons. The van der Waals surface area contributed by atoms with Gasteiger partial charge in [0.25, 0.3) is 5.69 Å². The van der Waals surface area contributed by atoms with E-state index in [1.54, 1.807) is 18.2 Å². The molecule has 5 heteroatoms. The molecule has 0 saturated carbocycles. The monoisotopic (exact) mass is 287 g/mol. The van der Waals surface area contributed by atoms with Crippen LogP contribution in [0, 0.1) is 10.1 Å².